The van der Waals surface area contributed by atoms with Crippen LogP contribution < -0.4 is 0 Å². The summed E-state index contributed by atoms with van der Waals surface area (Å²) in [5.74, 6) is 0.455. The Balaban J connectivity index is 1.82. The highest BCUT2D eigenvalue weighted by molar-refractivity contribution is 5.81. The Labute approximate surface area is 149 Å². The topological polar surface area (TPSA) is 63.9 Å². The van der Waals surface area contributed by atoms with Crippen LogP contribution in [0.25, 0.3) is 11.4 Å². The Morgan fingerprint density at radius 3 is 2.84 bits per heavy atom. The summed E-state index contributed by atoms with van der Waals surface area (Å²) in [5.41, 5.74) is 2.45. The highest BCUT2D eigenvalue weighted by atomic mass is 16.2. The van der Waals surface area contributed by atoms with Crippen LogP contribution in [0.5, 0.6) is 0 Å². The molecule has 1 fully saturated rings. The molecule has 134 valence electrons. The van der Waals surface area contributed by atoms with E-state index in [1.807, 2.05) is 42.6 Å². The predicted octanol–water partition coefficient (Wildman–Crippen LogP) is 3.11. The second-order valence-corrected chi connectivity index (χ2v) is 7.70. The van der Waals surface area contributed by atoms with Crippen molar-refractivity contribution in [3.05, 3.63) is 30.4 Å². The number of hydrogen-bond donors (Lipinski definition) is 0. The molecule has 0 bridgehead atoms. The second-order valence-electron chi connectivity index (χ2n) is 7.70. The van der Waals surface area contributed by atoms with Crippen molar-refractivity contribution >= 4 is 5.91 Å². The molecule has 1 saturated heterocycles. The molecule has 6 nitrogen and oxygen atoms in total. The number of carbonyl (C=O) groups is 1. The lowest BCUT2D eigenvalue weighted by molar-refractivity contribution is -0.140. The van der Waals surface area contributed by atoms with E-state index in [1.54, 1.807) is 12.4 Å². The van der Waals surface area contributed by atoms with E-state index in [1.165, 1.54) is 0 Å². The first-order valence-corrected chi connectivity index (χ1v) is 9.03. The lowest BCUT2D eigenvalue weighted by Crippen LogP contribution is -2.44. The summed E-state index contributed by atoms with van der Waals surface area (Å²) >= 11 is 0. The molecule has 0 N–H and O–H groups in total. The molecule has 3 rings (SSSR count). The zero-order valence-corrected chi connectivity index (χ0v) is 15.6. The molecule has 1 aliphatic rings. The van der Waals surface area contributed by atoms with Gasteiger partial charge in [-0.05, 0) is 25.8 Å². The average molecular weight is 341 g/mol. The Morgan fingerprint density at radius 1 is 1.32 bits per heavy atom. The van der Waals surface area contributed by atoms with E-state index in [2.05, 4.69) is 17.0 Å². The number of aromatic nitrogens is 4. The summed E-state index contributed by atoms with van der Waals surface area (Å²) in [6.45, 7) is 10.3. The Hall–Kier alpha value is -2.24. The van der Waals surface area contributed by atoms with Gasteiger partial charge in [0.1, 0.15) is 5.69 Å². The van der Waals surface area contributed by atoms with Crippen LogP contribution in [0.15, 0.2) is 24.7 Å². The van der Waals surface area contributed by atoms with Crippen molar-refractivity contribution in [2.45, 2.75) is 53.0 Å². The van der Waals surface area contributed by atoms with Crippen LogP contribution in [0.1, 0.15) is 52.1 Å². The summed E-state index contributed by atoms with van der Waals surface area (Å²) in [6.07, 6.45) is 7.46. The Bertz CT molecular complexity index is 746. The second kappa shape index (κ2) is 6.94. The largest absolute Gasteiger partial charge is 0.342 e. The van der Waals surface area contributed by atoms with Gasteiger partial charge in [0, 0.05) is 43.4 Å². The molecule has 0 unspecified atom stereocenters. The maximum absolute atomic E-state index is 12.6. The van der Waals surface area contributed by atoms with Crippen LogP contribution in [0, 0.1) is 5.41 Å². The van der Waals surface area contributed by atoms with Gasteiger partial charge in [0.25, 0.3) is 0 Å². The van der Waals surface area contributed by atoms with Crippen molar-refractivity contribution < 1.29 is 4.79 Å². The van der Waals surface area contributed by atoms with Crippen LogP contribution >= 0.6 is 0 Å². The fraction of sp³-hybridized carbons (Fsp3) is 0.579. The highest BCUT2D eigenvalue weighted by Gasteiger charge is 2.32. The molecule has 25 heavy (non-hydrogen) atoms. The summed E-state index contributed by atoms with van der Waals surface area (Å²) in [5, 5.41) is 4.31. The van der Waals surface area contributed by atoms with Crippen LogP contribution in [0.3, 0.4) is 0 Å². The first-order valence-electron chi connectivity index (χ1n) is 9.03. The lowest BCUT2D eigenvalue weighted by Gasteiger charge is -2.36. The van der Waals surface area contributed by atoms with Gasteiger partial charge in [0.2, 0.25) is 5.91 Å². The van der Waals surface area contributed by atoms with Crippen LogP contribution in [0.2, 0.25) is 0 Å². The van der Waals surface area contributed by atoms with E-state index >= 15 is 0 Å². The Kier molecular flexibility index (Phi) is 4.88. The van der Waals surface area contributed by atoms with Crippen molar-refractivity contribution in [1.82, 2.24) is 24.6 Å². The Morgan fingerprint density at radius 2 is 2.12 bits per heavy atom. The van der Waals surface area contributed by atoms with Crippen molar-refractivity contribution in [1.29, 1.82) is 0 Å². The molecular weight excluding hydrogens is 314 g/mol. The standard InChI is InChI=1S/C19H27N5O/c1-5-24-17(8-9-21-24)16-12-20-11-15(22-16)14-7-6-10-23(13-14)18(25)19(2,3)4/h8-9,11-12,14H,5-7,10,13H2,1-4H3/t14-/m1/s1. The maximum Gasteiger partial charge on any atom is 0.227 e. The van der Waals surface area contributed by atoms with Gasteiger partial charge in [-0.1, -0.05) is 20.8 Å². The third-order valence-corrected chi connectivity index (χ3v) is 4.70. The predicted molar refractivity (Wildman–Crippen MR) is 96.9 cm³/mol. The van der Waals surface area contributed by atoms with Gasteiger partial charge in [-0.25, -0.2) is 4.98 Å². The lowest BCUT2D eigenvalue weighted by atomic mass is 9.90. The molecule has 1 aliphatic heterocycles. The van der Waals surface area contributed by atoms with Gasteiger partial charge in [-0.15, -0.1) is 0 Å². The van der Waals surface area contributed by atoms with E-state index in [4.69, 9.17) is 4.98 Å². The third-order valence-electron chi connectivity index (χ3n) is 4.70. The van der Waals surface area contributed by atoms with E-state index < -0.39 is 0 Å². The van der Waals surface area contributed by atoms with E-state index in [-0.39, 0.29) is 17.2 Å². The van der Waals surface area contributed by atoms with Gasteiger partial charge in [-0.2, -0.15) is 5.10 Å². The number of piperidine rings is 1. The summed E-state index contributed by atoms with van der Waals surface area (Å²) < 4.78 is 1.92. The van der Waals surface area contributed by atoms with E-state index in [0.717, 1.165) is 49.6 Å². The van der Waals surface area contributed by atoms with Crippen molar-refractivity contribution in [3.63, 3.8) is 0 Å². The van der Waals surface area contributed by atoms with Gasteiger partial charge in [-0.3, -0.25) is 14.5 Å². The molecule has 0 aliphatic carbocycles. The third kappa shape index (κ3) is 3.72. The van der Waals surface area contributed by atoms with E-state index in [9.17, 15) is 4.79 Å². The minimum atomic E-state index is -0.344. The molecular formula is C19H27N5O. The number of carbonyl (C=O) groups excluding carboxylic acids is 1. The fourth-order valence-corrected chi connectivity index (χ4v) is 3.38. The maximum atomic E-state index is 12.6. The molecule has 6 heteroatoms. The van der Waals surface area contributed by atoms with Crippen LogP contribution in [-0.2, 0) is 11.3 Å². The van der Waals surface area contributed by atoms with Gasteiger partial charge in [0.15, 0.2) is 0 Å². The minimum Gasteiger partial charge on any atom is -0.342 e. The minimum absolute atomic E-state index is 0.213. The zero-order valence-electron chi connectivity index (χ0n) is 15.6. The molecule has 3 heterocycles. The average Bonchev–Trinajstić information content (AvgIpc) is 3.09. The molecule has 0 radical (unpaired) electrons. The van der Waals surface area contributed by atoms with Crippen molar-refractivity contribution in [2.24, 2.45) is 5.41 Å². The highest BCUT2D eigenvalue weighted by Crippen LogP contribution is 2.29. The molecule has 1 amide bonds. The molecule has 2 aromatic rings. The van der Waals surface area contributed by atoms with Crippen molar-refractivity contribution in [2.75, 3.05) is 13.1 Å². The molecule has 0 spiro atoms. The number of amides is 1. The number of likely N-dealkylation sites (tertiary alicyclic amines) is 1. The summed E-state index contributed by atoms with van der Waals surface area (Å²) in [6, 6.07) is 1.97. The van der Waals surface area contributed by atoms with Crippen molar-refractivity contribution in [3.8, 4) is 11.4 Å². The van der Waals surface area contributed by atoms with Crippen LogP contribution in [-0.4, -0.2) is 43.6 Å². The van der Waals surface area contributed by atoms with E-state index in [0.29, 0.717) is 0 Å². The number of rotatable bonds is 3. The number of nitrogens with zero attached hydrogens (tertiary/aromatic N) is 5. The fourth-order valence-electron chi connectivity index (χ4n) is 3.38. The SMILES string of the molecule is CCn1nccc1-c1cncc([C@@H]2CCCN(C(=O)C(C)(C)C)C2)n1. The normalized spacial score (nSPS) is 18.4. The first kappa shape index (κ1) is 17.6. The first-order chi connectivity index (χ1) is 11.9. The quantitative estimate of drug-likeness (QED) is 0.860. The van der Waals surface area contributed by atoms with Gasteiger partial charge < -0.3 is 4.90 Å². The molecule has 0 aromatic carbocycles. The smallest absolute Gasteiger partial charge is 0.227 e. The molecule has 0 saturated carbocycles. The number of aryl methyl sites for hydroxylation is 1. The van der Waals surface area contributed by atoms with Gasteiger partial charge >= 0.3 is 0 Å². The number of hydrogen-bond acceptors (Lipinski definition) is 4. The molecule has 2 aromatic heterocycles. The van der Waals surface area contributed by atoms with Crippen LogP contribution in [0.4, 0.5) is 0 Å². The summed E-state index contributed by atoms with van der Waals surface area (Å²) in [4.78, 5) is 23.8. The van der Waals surface area contributed by atoms with Gasteiger partial charge in [0.05, 0.1) is 17.6 Å². The summed E-state index contributed by atoms with van der Waals surface area (Å²) in [7, 11) is 0. The monoisotopic (exact) mass is 341 g/mol. The zero-order chi connectivity index (χ0) is 18.0. The molecule has 1 atom stereocenters.